The molecule has 0 aromatic carbocycles. The SMILES string of the molecule is CCCNc1ncc(Cl)c(SC2CCCC2)n1. The first-order valence-corrected chi connectivity index (χ1v) is 7.48. The molecule has 17 heavy (non-hydrogen) atoms. The average Bonchev–Trinajstić information content (AvgIpc) is 2.83. The van der Waals surface area contributed by atoms with Crippen molar-refractivity contribution < 1.29 is 0 Å². The molecule has 0 atom stereocenters. The fourth-order valence-electron chi connectivity index (χ4n) is 1.92. The lowest BCUT2D eigenvalue weighted by Crippen LogP contribution is -2.05. The molecule has 3 nitrogen and oxygen atoms in total. The second-order valence-corrected chi connectivity index (χ2v) is 5.99. The molecule has 1 heterocycles. The fourth-order valence-corrected chi connectivity index (χ4v) is 3.33. The molecule has 0 radical (unpaired) electrons. The number of hydrogen-bond acceptors (Lipinski definition) is 4. The molecule has 1 aliphatic rings. The van der Waals surface area contributed by atoms with Gasteiger partial charge in [0, 0.05) is 11.8 Å². The Hall–Kier alpha value is -0.480. The van der Waals surface area contributed by atoms with Crippen LogP contribution in [-0.4, -0.2) is 21.8 Å². The quantitative estimate of drug-likeness (QED) is 0.822. The highest BCUT2D eigenvalue weighted by Crippen LogP contribution is 2.36. The van der Waals surface area contributed by atoms with Gasteiger partial charge in [-0.3, -0.25) is 0 Å². The molecule has 1 aliphatic carbocycles. The van der Waals surface area contributed by atoms with Crippen LogP contribution in [0.25, 0.3) is 0 Å². The van der Waals surface area contributed by atoms with E-state index in [2.05, 4.69) is 22.2 Å². The van der Waals surface area contributed by atoms with Gasteiger partial charge in [-0.1, -0.05) is 31.4 Å². The molecule has 1 aromatic heterocycles. The van der Waals surface area contributed by atoms with Crippen LogP contribution >= 0.6 is 23.4 Å². The summed E-state index contributed by atoms with van der Waals surface area (Å²) in [5.74, 6) is 0.691. The van der Waals surface area contributed by atoms with Crippen LogP contribution in [0.15, 0.2) is 11.2 Å². The second kappa shape index (κ2) is 6.45. The van der Waals surface area contributed by atoms with Crippen molar-refractivity contribution in [2.24, 2.45) is 0 Å². The Kier molecular flexibility index (Phi) is 4.92. The predicted octanol–water partition coefficient (Wildman–Crippen LogP) is 3.99. The van der Waals surface area contributed by atoms with Crippen LogP contribution < -0.4 is 5.32 Å². The summed E-state index contributed by atoms with van der Waals surface area (Å²) in [4.78, 5) is 8.67. The van der Waals surface area contributed by atoms with Crippen LogP contribution in [0.2, 0.25) is 5.02 Å². The van der Waals surface area contributed by atoms with E-state index < -0.39 is 0 Å². The first kappa shape index (κ1) is 13.0. The number of halogens is 1. The van der Waals surface area contributed by atoms with E-state index in [1.165, 1.54) is 25.7 Å². The summed E-state index contributed by atoms with van der Waals surface area (Å²) in [6, 6.07) is 0. The van der Waals surface area contributed by atoms with Gasteiger partial charge >= 0.3 is 0 Å². The lowest BCUT2D eigenvalue weighted by Gasteiger charge is -2.10. The van der Waals surface area contributed by atoms with Crippen molar-refractivity contribution >= 4 is 29.3 Å². The summed E-state index contributed by atoms with van der Waals surface area (Å²) in [5.41, 5.74) is 0. The standard InChI is InChI=1S/C12H18ClN3S/c1-2-7-14-12-15-8-10(13)11(16-12)17-9-5-3-4-6-9/h8-9H,2-7H2,1H3,(H,14,15,16). The van der Waals surface area contributed by atoms with Crippen LogP contribution in [-0.2, 0) is 0 Å². The van der Waals surface area contributed by atoms with Crippen LogP contribution in [0, 0.1) is 0 Å². The smallest absolute Gasteiger partial charge is 0.223 e. The molecule has 0 bridgehead atoms. The van der Waals surface area contributed by atoms with Gasteiger partial charge in [-0.15, -0.1) is 11.8 Å². The molecule has 2 rings (SSSR count). The molecule has 1 saturated carbocycles. The normalized spacial score (nSPS) is 16.4. The molecule has 0 amide bonds. The molecule has 1 fully saturated rings. The van der Waals surface area contributed by atoms with E-state index in [-0.39, 0.29) is 0 Å². The number of hydrogen-bond donors (Lipinski definition) is 1. The minimum absolute atomic E-state index is 0.670. The molecular formula is C12H18ClN3S. The third-order valence-electron chi connectivity index (χ3n) is 2.83. The van der Waals surface area contributed by atoms with Gasteiger partial charge in [-0.05, 0) is 19.3 Å². The first-order valence-electron chi connectivity index (χ1n) is 6.22. The summed E-state index contributed by atoms with van der Waals surface area (Å²) < 4.78 is 0. The van der Waals surface area contributed by atoms with E-state index in [1.54, 1.807) is 18.0 Å². The number of anilines is 1. The summed E-state index contributed by atoms with van der Waals surface area (Å²) in [7, 11) is 0. The minimum atomic E-state index is 0.670. The second-order valence-electron chi connectivity index (χ2n) is 4.30. The van der Waals surface area contributed by atoms with Gasteiger partial charge in [-0.2, -0.15) is 0 Å². The monoisotopic (exact) mass is 271 g/mol. The third kappa shape index (κ3) is 3.75. The summed E-state index contributed by atoms with van der Waals surface area (Å²) in [5, 5.41) is 5.47. The third-order valence-corrected chi connectivity index (χ3v) is 4.55. The topological polar surface area (TPSA) is 37.8 Å². The zero-order chi connectivity index (χ0) is 12.1. The van der Waals surface area contributed by atoms with Gasteiger partial charge in [0.15, 0.2) is 0 Å². The van der Waals surface area contributed by atoms with Crippen LogP contribution in [0.5, 0.6) is 0 Å². The highest BCUT2D eigenvalue weighted by atomic mass is 35.5. The Bertz CT molecular complexity index is 367. The lowest BCUT2D eigenvalue weighted by atomic mass is 10.4. The van der Waals surface area contributed by atoms with Crippen molar-refractivity contribution in [3.63, 3.8) is 0 Å². The summed E-state index contributed by atoms with van der Waals surface area (Å²) in [6.07, 6.45) is 8.00. The average molecular weight is 272 g/mol. The molecular weight excluding hydrogens is 254 g/mol. The molecule has 1 aromatic rings. The number of thioether (sulfide) groups is 1. The largest absolute Gasteiger partial charge is 0.354 e. The Morgan fingerprint density at radius 2 is 2.24 bits per heavy atom. The van der Waals surface area contributed by atoms with Gasteiger partial charge < -0.3 is 5.32 Å². The number of aromatic nitrogens is 2. The molecule has 0 spiro atoms. The Morgan fingerprint density at radius 1 is 1.47 bits per heavy atom. The van der Waals surface area contributed by atoms with Crippen LogP contribution in [0.3, 0.4) is 0 Å². The molecule has 1 N–H and O–H groups in total. The van der Waals surface area contributed by atoms with Crippen molar-refractivity contribution in [3.8, 4) is 0 Å². The van der Waals surface area contributed by atoms with E-state index in [0.717, 1.165) is 18.0 Å². The van der Waals surface area contributed by atoms with Crippen molar-refractivity contribution in [1.29, 1.82) is 0 Å². The van der Waals surface area contributed by atoms with Crippen molar-refractivity contribution in [3.05, 3.63) is 11.2 Å². The molecule has 0 aliphatic heterocycles. The van der Waals surface area contributed by atoms with Crippen LogP contribution in [0.4, 0.5) is 5.95 Å². The zero-order valence-corrected chi connectivity index (χ0v) is 11.7. The van der Waals surface area contributed by atoms with Crippen molar-refractivity contribution in [2.75, 3.05) is 11.9 Å². The van der Waals surface area contributed by atoms with Crippen molar-refractivity contribution in [2.45, 2.75) is 49.3 Å². The highest BCUT2D eigenvalue weighted by Gasteiger charge is 2.18. The minimum Gasteiger partial charge on any atom is -0.354 e. The number of nitrogens with zero attached hydrogens (tertiary/aromatic N) is 2. The summed E-state index contributed by atoms with van der Waals surface area (Å²) in [6.45, 7) is 3.02. The van der Waals surface area contributed by atoms with Gasteiger partial charge in [-0.25, -0.2) is 9.97 Å². The van der Waals surface area contributed by atoms with E-state index in [9.17, 15) is 0 Å². The van der Waals surface area contributed by atoms with Crippen molar-refractivity contribution in [1.82, 2.24) is 9.97 Å². The predicted molar refractivity (Wildman–Crippen MR) is 73.9 cm³/mol. The Labute approximate surface area is 112 Å². The lowest BCUT2D eigenvalue weighted by molar-refractivity contribution is 0.886. The van der Waals surface area contributed by atoms with Gasteiger partial charge in [0.05, 0.1) is 11.2 Å². The zero-order valence-electron chi connectivity index (χ0n) is 10.1. The molecule has 0 unspecified atom stereocenters. The Morgan fingerprint density at radius 3 is 2.94 bits per heavy atom. The molecule has 5 heteroatoms. The first-order chi connectivity index (χ1) is 8.29. The van der Waals surface area contributed by atoms with Gasteiger partial charge in [0.2, 0.25) is 5.95 Å². The highest BCUT2D eigenvalue weighted by molar-refractivity contribution is 8.00. The van der Waals surface area contributed by atoms with Gasteiger partial charge in [0.1, 0.15) is 5.03 Å². The van der Waals surface area contributed by atoms with E-state index in [0.29, 0.717) is 16.2 Å². The fraction of sp³-hybridized carbons (Fsp3) is 0.667. The van der Waals surface area contributed by atoms with E-state index in [4.69, 9.17) is 11.6 Å². The van der Waals surface area contributed by atoms with Crippen LogP contribution in [0.1, 0.15) is 39.0 Å². The Balaban J connectivity index is 2.03. The number of nitrogens with one attached hydrogen (secondary N) is 1. The maximum absolute atomic E-state index is 6.14. The van der Waals surface area contributed by atoms with Gasteiger partial charge in [0.25, 0.3) is 0 Å². The maximum Gasteiger partial charge on any atom is 0.223 e. The van der Waals surface area contributed by atoms with E-state index >= 15 is 0 Å². The van der Waals surface area contributed by atoms with E-state index in [1.807, 2.05) is 0 Å². The maximum atomic E-state index is 6.14. The molecule has 94 valence electrons. The molecule has 0 saturated heterocycles. The number of rotatable bonds is 5. The summed E-state index contributed by atoms with van der Waals surface area (Å²) >= 11 is 7.94.